The van der Waals surface area contributed by atoms with Crippen LogP contribution in [0.15, 0.2) is 0 Å². The second-order valence-corrected chi connectivity index (χ2v) is 6.10. The molecule has 0 atom stereocenters. The molecule has 0 saturated carbocycles. The van der Waals surface area contributed by atoms with Crippen molar-refractivity contribution < 1.29 is 17.8 Å². The molecular formula is C2H6O4P2. The molecular weight excluding hydrogens is 150 g/mol. The molecule has 0 spiro atoms. The van der Waals surface area contributed by atoms with Gasteiger partial charge in [-0.1, -0.05) is 0 Å². The Morgan fingerprint density at radius 3 is 1.25 bits per heavy atom. The minimum absolute atomic E-state index is 1.28. The largest absolute Gasteiger partial charge is 0.341 e. The molecule has 0 aliphatic carbocycles. The van der Waals surface area contributed by atoms with Crippen LogP contribution in [0, 0.1) is 0 Å². The quantitative estimate of drug-likeness (QED) is 0.500. The highest BCUT2D eigenvalue weighted by Crippen LogP contribution is 2.78. The zero-order chi connectivity index (χ0) is 6.41. The predicted octanol–water partition coefficient (Wildman–Crippen LogP) is 1.68. The monoisotopic (exact) mass is 156 g/mol. The fourth-order valence-electron chi connectivity index (χ4n) is 0.545. The molecule has 6 heteroatoms. The van der Waals surface area contributed by atoms with Gasteiger partial charge in [0.05, 0.1) is 0 Å². The van der Waals surface area contributed by atoms with Gasteiger partial charge in [0.15, 0.2) is 0 Å². The number of hydrogen-bond donors (Lipinski definition) is 0. The molecule has 1 aliphatic rings. The van der Waals surface area contributed by atoms with Gasteiger partial charge in [0, 0.05) is 13.3 Å². The van der Waals surface area contributed by atoms with Gasteiger partial charge in [-0.05, 0) is 0 Å². The third kappa shape index (κ3) is 1.20. The van der Waals surface area contributed by atoms with Crippen LogP contribution in [0.1, 0.15) is 0 Å². The normalized spacial score (nSPS) is 55.2. The van der Waals surface area contributed by atoms with Crippen LogP contribution in [-0.2, 0) is 17.8 Å². The van der Waals surface area contributed by atoms with E-state index in [9.17, 15) is 9.13 Å². The lowest BCUT2D eigenvalue weighted by atomic mass is 12.0. The van der Waals surface area contributed by atoms with E-state index >= 15 is 0 Å². The first kappa shape index (κ1) is 6.50. The molecule has 0 bridgehead atoms. The molecule has 0 aromatic rings. The molecule has 1 heterocycles. The molecule has 1 rings (SSSR count). The van der Waals surface area contributed by atoms with Crippen molar-refractivity contribution in [2.75, 3.05) is 13.3 Å². The van der Waals surface area contributed by atoms with Crippen LogP contribution in [0.4, 0.5) is 0 Å². The minimum Gasteiger partial charge on any atom is -0.259 e. The maximum atomic E-state index is 10.5. The highest BCUT2D eigenvalue weighted by Gasteiger charge is 2.44. The van der Waals surface area contributed by atoms with Gasteiger partial charge in [0.2, 0.25) is 0 Å². The van der Waals surface area contributed by atoms with E-state index in [0.29, 0.717) is 0 Å². The summed E-state index contributed by atoms with van der Waals surface area (Å²) in [6.07, 6.45) is 0. The third-order valence-corrected chi connectivity index (χ3v) is 5.34. The molecule has 48 valence electrons. The van der Waals surface area contributed by atoms with Crippen LogP contribution in [0.3, 0.4) is 0 Å². The first-order valence-electron chi connectivity index (χ1n) is 1.99. The molecule has 1 aliphatic heterocycles. The summed E-state index contributed by atoms with van der Waals surface area (Å²) in [6, 6.07) is 0. The van der Waals surface area contributed by atoms with Crippen molar-refractivity contribution in [1.29, 1.82) is 0 Å². The molecule has 1 fully saturated rings. The standard InChI is InChI=1S/C2H6O4P2/c1-7(3)5-8(2,4)6-7/h1-2H3. The Morgan fingerprint density at radius 2 is 1.25 bits per heavy atom. The Balaban J connectivity index is 2.68. The number of hydrogen-bond acceptors (Lipinski definition) is 4. The van der Waals surface area contributed by atoms with Crippen LogP contribution in [0.25, 0.3) is 0 Å². The smallest absolute Gasteiger partial charge is 0.259 e. The average Bonchev–Trinajstić information content (AvgIpc) is 1.20. The Morgan fingerprint density at radius 1 is 1.00 bits per heavy atom. The number of rotatable bonds is 0. The highest BCUT2D eigenvalue weighted by atomic mass is 31.3. The van der Waals surface area contributed by atoms with E-state index in [2.05, 4.69) is 8.62 Å². The van der Waals surface area contributed by atoms with E-state index in [1.54, 1.807) is 0 Å². The van der Waals surface area contributed by atoms with Crippen molar-refractivity contribution in [2.45, 2.75) is 0 Å². The highest BCUT2D eigenvalue weighted by molar-refractivity contribution is 7.79. The molecule has 8 heavy (non-hydrogen) atoms. The van der Waals surface area contributed by atoms with Gasteiger partial charge in [-0.15, -0.1) is 0 Å². The fraction of sp³-hybridized carbons (Fsp3) is 1.00. The SMILES string of the molecule is CP1(=O)OP(C)(=O)O1. The average molecular weight is 156 g/mol. The molecule has 0 aromatic carbocycles. The van der Waals surface area contributed by atoms with Gasteiger partial charge >= 0.3 is 15.2 Å². The summed E-state index contributed by atoms with van der Waals surface area (Å²) in [7, 11) is -5.70. The first-order valence-corrected chi connectivity index (χ1v) is 5.97. The van der Waals surface area contributed by atoms with Crippen LogP contribution in [0.5, 0.6) is 0 Å². The zero-order valence-electron chi connectivity index (χ0n) is 4.53. The summed E-state index contributed by atoms with van der Waals surface area (Å²) in [4.78, 5) is 0. The lowest BCUT2D eigenvalue weighted by Crippen LogP contribution is -2.01. The van der Waals surface area contributed by atoms with Gasteiger partial charge in [-0.3, -0.25) is 9.13 Å². The zero-order valence-corrected chi connectivity index (χ0v) is 6.32. The van der Waals surface area contributed by atoms with E-state index in [4.69, 9.17) is 0 Å². The summed E-state index contributed by atoms with van der Waals surface area (Å²) in [5.41, 5.74) is 0. The summed E-state index contributed by atoms with van der Waals surface area (Å²) in [5, 5.41) is 0. The molecule has 0 N–H and O–H groups in total. The Hall–Kier alpha value is 0.380. The van der Waals surface area contributed by atoms with Crippen molar-refractivity contribution in [3.05, 3.63) is 0 Å². The van der Waals surface area contributed by atoms with Gasteiger partial charge in [-0.25, -0.2) is 8.62 Å². The van der Waals surface area contributed by atoms with Crippen molar-refractivity contribution in [2.24, 2.45) is 0 Å². The molecule has 0 radical (unpaired) electrons. The van der Waals surface area contributed by atoms with Crippen LogP contribution in [-0.4, -0.2) is 13.3 Å². The molecule has 0 aromatic heterocycles. The Labute approximate surface area is 47.3 Å². The van der Waals surface area contributed by atoms with Gasteiger partial charge in [0.25, 0.3) is 0 Å². The van der Waals surface area contributed by atoms with E-state index in [0.717, 1.165) is 0 Å². The van der Waals surface area contributed by atoms with E-state index < -0.39 is 15.2 Å². The molecule has 0 unspecified atom stereocenters. The fourth-order valence-corrected chi connectivity index (χ4v) is 4.90. The predicted molar refractivity (Wildman–Crippen MR) is 29.2 cm³/mol. The Kier molecular flexibility index (Phi) is 1.18. The summed E-state index contributed by atoms with van der Waals surface area (Å²) < 4.78 is 29.7. The lowest BCUT2D eigenvalue weighted by Gasteiger charge is -2.28. The maximum absolute atomic E-state index is 10.5. The van der Waals surface area contributed by atoms with Crippen molar-refractivity contribution in [3.8, 4) is 0 Å². The molecule has 0 amide bonds. The van der Waals surface area contributed by atoms with E-state index in [1.807, 2.05) is 0 Å². The second-order valence-electron chi connectivity index (χ2n) is 1.71. The molecule has 1 saturated heterocycles. The minimum atomic E-state index is -2.85. The molecule has 4 nitrogen and oxygen atoms in total. The van der Waals surface area contributed by atoms with Crippen LogP contribution in [0.2, 0.25) is 0 Å². The Bertz CT molecular complexity index is 162. The second kappa shape index (κ2) is 1.45. The van der Waals surface area contributed by atoms with E-state index in [-0.39, 0.29) is 0 Å². The summed E-state index contributed by atoms with van der Waals surface area (Å²) >= 11 is 0. The van der Waals surface area contributed by atoms with Crippen molar-refractivity contribution in [3.63, 3.8) is 0 Å². The van der Waals surface area contributed by atoms with Crippen LogP contribution < -0.4 is 0 Å². The summed E-state index contributed by atoms with van der Waals surface area (Å²) in [5.74, 6) is 0. The first-order chi connectivity index (χ1) is 3.41. The maximum Gasteiger partial charge on any atom is 0.341 e. The lowest BCUT2D eigenvalue weighted by molar-refractivity contribution is 0.286. The van der Waals surface area contributed by atoms with Crippen molar-refractivity contribution >= 4 is 15.2 Å². The van der Waals surface area contributed by atoms with Crippen molar-refractivity contribution in [1.82, 2.24) is 0 Å². The van der Waals surface area contributed by atoms with Gasteiger partial charge < -0.3 is 0 Å². The van der Waals surface area contributed by atoms with Gasteiger partial charge in [0.1, 0.15) is 0 Å². The summed E-state index contributed by atoms with van der Waals surface area (Å²) in [6.45, 7) is 2.57. The van der Waals surface area contributed by atoms with Gasteiger partial charge in [-0.2, -0.15) is 0 Å². The third-order valence-electron chi connectivity index (χ3n) is 0.593. The van der Waals surface area contributed by atoms with E-state index in [1.165, 1.54) is 13.3 Å². The topological polar surface area (TPSA) is 52.6 Å². The van der Waals surface area contributed by atoms with Crippen LogP contribution >= 0.6 is 15.2 Å².